The molecule has 0 aliphatic rings. The molecule has 1 aromatic carbocycles. The highest BCUT2D eigenvalue weighted by atomic mass is 32.2. The number of carbonyl (C=O) groups is 1. The van der Waals surface area contributed by atoms with Crippen LogP contribution in [0.25, 0.3) is 0 Å². The van der Waals surface area contributed by atoms with Gasteiger partial charge < -0.3 is 9.29 Å². The lowest BCUT2D eigenvalue weighted by Crippen LogP contribution is -2.13. The number of hydrogen-bond donors (Lipinski definition) is 1. The van der Waals surface area contributed by atoms with Crippen LogP contribution in [0.2, 0.25) is 0 Å². The molecule has 1 aromatic rings. The third-order valence-electron chi connectivity index (χ3n) is 2.07. The van der Waals surface area contributed by atoms with Crippen molar-refractivity contribution in [1.29, 1.82) is 0 Å². The molecule has 0 spiro atoms. The average Bonchev–Trinajstić information content (AvgIpc) is 2.26. The maximum atomic E-state index is 11.4. The predicted molar refractivity (Wildman–Crippen MR) is 62.7 cm³/mol. The number of rotatable bonds is 6. The van der Waals surface area contributed by atoms with Crippen LogP contribution in [0.5, 0.6) is 5.75 Å². The summed E-state index contributed by atoms with van der Waals surface area (Å²) in [6, 6.07) is 5.25. The minimum absolute atomic E-state index is 0.0375. The van der Waals surface area contributed by atoms with Crippen molar-refractivity contribution in [2.75, 3.05) is 5.75 Å². The van der Waals surface area contributed by atoms with Gasteiger partial charge in [0.05, 0.1) is 11.3 Å². The quantitative estimate of drug-likeness (QED) is 0.788. The van der Waals surface area contributed by atoms with E-state index in [-0.39, 0.29) is 17.1 Å². The zero-order valence-corrected chi connectivity index (χ0v) is 10.2. The van der Waals surface area contributed by atoms with Crippen molar-refractivity contribution in [3.63, 3.8) is 0 Å². The van der Waals surface area contributed by atoms with Gasteiger partial charge in [0.2, 0.25) is 0 Å². The molecule has 6 heteroatoms. The smallest absolute Gasteiger partial charge is 0.335 e. The van der Waals surface area contributed by atoms with Crippen molar-refractivity contribution >= 4 is 16.1 Å². The first-order chi connectivity index (χ1) is 7.94. The molecule has 0 radical (unpaired) electrons. The van der Waals surface area contributed by atoms with Crippen molar-refractivity contribution < 1.29 is 22.5 Å². The topological polar surface area (TPSA) is 80.7 Å². The Kier molecular flexibility index (Phi) is 4.51. The molecule has 0 heterocycles. The van der Waals surface area contributed by atoms with E-state index in [4.69, 9.17) is 9.29 Å². The molecule has 17 heavy (non-hydrogen) atoms. The molecule has 0 amide bonds. The van der Waals surface area contributed by atoms with Crippen LogP contribution in [0.1, 0.15) is 30.1 Å². The van der Waals surface area contributed by atoms with Crippen molar-refractivity contribution in [2.45, 2.75) is 19.8 Å². The van der Waals surface area contributed by atoms with Crippen LogP contribution in [-0.4, -0.2) is 25.2 Å². The molecule has 0 saturated carbocycles. The normalized spacial score (nSPS) is 11.1. The van der Waals surface area contributed by atoms with E-state index in [1.807, 2.05) is 6.92 Å². The van der Waals surface area contributed by atoms with Gasteiger partial charge in [-0.15, -0.1) is 0 Å². The maximum Gasteiger partial charge on any atom is 0.335 e. The van der Waals surface area contributed by atoms with E-state index in [0.717, 1.165) is 6.42 Å². The lowest BCUT2D eigenvalue weighted by molar-refractivity contribution is 0.0697. The van der Waals surface area contributed by atoms with Crippen LogP contribution in [0.4, 0.5) is 0 Å². The number of carboxylic acid groups (broad SMARTS) is 1. The zero-order valence-electron chi connectivity index (χ0n) is 9.42. The minimum Gasteiger partial charge on any atom is -0.478 e. The zero-order chi connectivity index (χ0) is 12.9. The van der Waals surface area contributed by atoms with Gasteiger partial charge in [-0.2, -0.15) is 8.42 Å². The molecule has 0 aromatic heterocycles. The SMILES string of the molecule is CCCCS(=O)(=O)Oc1ccc(C(=O)O)cc1. The molecule has 5 nitrogen and oxygen atoms in total. The monoisotopic (exact) mass is 258 g/mol. The summed E-state index contributed by atoms with van der Waals surface area (Å²) < 4.78 is 27.7. The molecular weight excluding hydrogens is 244 g/mol. The standard InChI is InChI=1S/C11H14O5S/c1-2-3-8-17(14,15)16-10-6-4-9(5-7-10)11(12)13/h4-7H,2-3,8H2,1H3,(H,12,13). The molecule has 0 atom stereocenters. The molecule has 0 saturated heterocycles. The van der Waals surface area contributed by atoms with Gasteiger partial charge in [0.25, 0.3) is 0 Å². The molecular formula is C11H14O5S. The summed E-state index contributed by atoms with van der Waals surface area (Å²) in [5.41, 5.74) is 0.0864. The van der Waals surface area contributed by atoms with Crippen molar-refractivity contribution in [3.05, 3.63) is 29.8 Å². The third-order valence-corrected chi connectivity index (χ3v) is 3.31. The summed E-state index contributed by atoms with van der Waals surface area (Å²) in [5.74, 6) is -0.971. The summed E-state index contributed by atoms with van der Waals surface area (Å²) >= 11 is 0. The van der Waals surface area contributed by atoms with E-state index in [1.165, 1.54) is 24.3 Å². The Labute approximate surface area is 100 Å². The highest BCUT2D eigenvalue weighted by molar-refractivity contribution is 7.87. The van der Waals surface area contributed by atoms with Gasteiger partial charge in [0, 0.05) is 0 Å². The van der Waals surface area contributed by atoms with Crippen LogP contribution < -0.4 is 4.18 Å². The molecule has 0 aliphatic heterocycles. The lowest BCUT2D eigenvalue weighted by atomic mass is 10.2. The van der Waals surface area contributed by atoms with Crippen LogP contribution in [0.15, 0.2) is 24.3 Å². The molecule has 0 fully saturated rings. The first-order valence-corrected chi connectivity index (χ1v) is 6.78. The molecule has 0 unspecified atom stereocenters. The van der Waals surface area contributed by atoms with Crippen LogP contribution in [0.3, 0.4) is 0 Å². The summed E-state index contributed by atoms with van der Waals surface area (Å²) in [5, 5.41) is 8.67. The summed E-state index contributed by atoms with van der Waals surface area (Å²) in [7, 11) is -3.58. The van der Waals surface area contributed by atoms with Gasteiger partial charge in [-0.05, 0) is 30.7 Å². The van der Waals surface area contributed by atoms with Gasteiger partial charge >= 0.3 is 16.1 Å². The fourth-order valence-corrected chi connectivity index (χ4v) is 2.29. The van der Waals surface area contributed by atoms with Crippen molar-refractivity contribution in [3.8, 4) is 5.75 Å². The third kappa shape index (κ3) is 4.44. The second kappa shape index (κ2) is 5.67. The number of unbranched alkanes of at least 4 members (excludes halogenated alkanes) is 1. The van der Waals surface area contributed by atoms with E-state index in [2.05, 4.69) is 0 Å². The Hall–Kier alpha value is -1.56. The van der Waals surface area contributed by atoms with Gasteiger partial charge in [0.1, 0.15) is 5.75 Å². The van der Waals surface area contributed by atoms with Gasteiger partial charge in [-0.3, -0.25) is 0 Å². The highest BCUT2D eigenvalue weighted by Gasteiger charge is 2.12. The van der Waals surface area contributed by atoms with Crippen molar-refractivity contribution in [1.82, 2.24) is 0 Å². The highest BCUT2D eigenvalue weighted by Crippen LogP contribution is 2.15. The van der Waals surface area contributed by atoms with Crippen LogP contribution in [-0.2, 0) is 10.1 Å². The maximum absolute atomic E-state index is 11.4. The number of benzene rings is 1. The Morgan fingerprint density at radius 1 is 1.29 bits per heavy atom. The second-order valence-corrected chi connectivity index (χ2v) is 5.22. The summed E-state index contributed by atoms with van der Waals surface area (Å²) in [4.78, 5) is 10.6. The Morgan fingerprint density at radius 3 is 2.35 bits per heavy atom. The lowest BCUT2D eigenvalue weighted by Gasteiger charge is -2.06. The first-order valence-electron chi connectivity index (χ1n) is 5.20. The largest absolute Gasteiger partial charge is 0.478 e. The Bertz CT molecular complexity index is 475. The van der Waals surface area contributed by atoms with Gasteiger partial charge in [-0.1, -0.05) is 13.3 Å². The molecule has 0 aliphatic carbocycles. The van der Waals surface area contributed by atoms with Gasteiger partial charge in [0.15, 0.2) is 0 Å². The van der Waals surface area contributed by atoms with E-state index in [9.17, 15) is 13.2 Å². The fraction of sp³-hybridized carbons (Fsp3) is 0.364. The van der Waals surface area contributed by atoms with E-state index in [0.29, 0.717) is 6.42 Å². The molecule has 1 rings (SSSR count). The van der Waals surface area contributed by atoms with Gasteiger partial charge in [-0.25, -0.2) is 4.79 Å². The fourth-order valence-electron chi connectivity index (χ4n) is 1.16. The average molecular weight is 258 g/mol. The predicted octanol–water partition coefficient (Wildman–Crippen LogP) is 1.89. The molecule has 1 N–H and O–H groups in total. The summed E-state index contributed by atoms with van der Waals surface area (Å²) in [6.45, 7) is 1.89. The molecule has 0 bridgehead atoms. The summed E-state index contributed by atoms with van der Waals surface area (Å²) in [6.07, 6.45) is 1.30. The number of carboxylic acids is 1. The first kappa shape index (κ1) is 13.5. The Morgan fingerprint density at radius 2 is 1.88 bits per heavy atom. The number of aromatic carboxylic acids is 1. The van der Waals surface area contributed by atoms with Crippen molar-refractivity contribution in [2.24, 2.45) is 0 Å². The minimum atomic E-state index is -3.58. The number of hydrogen-bond acceptors (Lipinski definition) is 4. The molecule has 94 valence electrons. The Balaban J connectivity index is 2.72. The van der Waals surface area contributed by atoms with E-state index < -0.39 is 16.1 Å². The van der Waals surface area contributed by atoms with Crippen LogP contribution in [0, 0.1) is 0 Å². The van der Waals surface area contributed by atoms with E-state index >= 15 is 0 Å². The van der Waals surface area contributed by atoms with Crippen LogP contribution >= 0.6 is 0 Å². The van der Waals surface area contributed by atoms with E-state index in [1.54, 1.807) is 0 Å². The second-order valence-electron chi connectivity index (χ2n) is 3.53.